The summed E-state index contributed by atoms with van der Waals surface area (Å²) in [6.07, 6.45) is 2.21. The number of amides is 1. The van der Waals surface area contributed by atoms with Crippen LogP contribution >= 0.6 is 0 Å². The number of nitro benzene ring substituents is 1. The van der Waals surface area contributed by atoms with Gasteiger partial charge in [-0.1, -0.05) is 0 Å². The fourth-order valence-electron chi connectivity index (χ4n) is 3.22. The molecule has 1 aromatic carbocycles. The van der Waals surface area contributed by atoms with Crippen molar-refractivity contribution in [1.29, 1.82) is 0 Å². The fourth-order valence-corrected chi connectivity index (χ4v) is 3.22. The van der Waals surface area contributed by atoms with Crippen LogP contribution in [0.25, 0.3) is 0 Å². The van der Waals surface area contributed by atoms with Gasteiger partial charge in [0.15, 0.2) is 0 Å². The minimum absolute atomic E-state index is 0.0689. The summed E-state index contributed by atoms with van der Waals surface area (Å²) in [4.78, 5) is 24.9. The maximum absolute atomic E-state index is 12.3. The number of nitrogens with one attached hydrogen (secondary N) is 1. The Kier molecular flexibility index (Phi) is 3.50. The molecular weight excluding hydrogens is 272 g/mol. The van der Waals surface area contributed by atoms with Crippen molar-refractivity contribution in [3.63, 3.8) is 0 Å². The molecule has 3 heterocycles. The molecule has 3 aliphatic heterocycles. The van der Waals surface area contributed by atoms with Crippen LogP contribution in [0.5, 0.6) is 0 Å². The normalized spacial score (nSPS) is 27.3. The maximum atomic E-state index is 12.3. The van der Waals surface area contributed by atoms with Crippen molar-refractivity contribution in [3.05, 3.63) is 33.9 Å². The van der Waals surface area contributed by atoms with Crippen LogP contribution in [0, 0.1) is 16.0 Å². The zero-order chi connectivity index (χ0) is 15.0. The first-order chi connectivity index (χ1) is 10.0. The Balaban J connectivity index is 1.74. The van der Waals surface area contributed by atoms with Crippen LogP contribution in [0.15, 0.2) is 18.2 Å². The number of piperidine rings is 3. The smallest absolute Gasteiger partial charge is 0.292 e. The largest absolute Gasteiger partial charge is 0.393 e. The van der Waals surface area contributed by atoms with E-state index in [0.717, 1.165) is 32.5 Å². The Morgan fingerprint density at radius 1 is 1.38 bits per heavy atom. The molecule has 112 valence electrons. The highest BCUT2D eigenvalue weighted by atomic mass is 16.6. The molecule has 1 amide bonds. The Labute approximate surface area is 122 Å². The molecule has 3 N–H and O–H groups in total. The predicted octanol–water partition coefficient (Wildman–Crippen LogP) is 1.00. The molecule has 3 fully saturated rings. The SMILES string of the molecule is Nc1ccc(C(=O)NC2CN3CCC2CC3)cc1[N+](=O)[O-]. The van der Waals surface area contributed by atoms with Crippen LogP contribution in [0.2, 0.25) is 0 Å². The van der Waals surface area contributed by atoms with E-state index in [1.165, 1.54) is 18.2 Å². The van der Waals surface area contributed by atoms with Gasteiger partial charge in [-0.25, -0.2) is 0 Å². The summed E-state index contributed by atoms with van der Waals surface area (Å²) in [6.45, 7) is 3.07. The molecule has 4 rings (SSSR count). The second-order valence-corrected chi connectivity index (χ2v) is 5.75. The van der Waals surface area contributed by atoms with Crippen molar-refractivity contribution in [2.45, 2.75) is 18.9 Å². The van der Waals surface area contributed by atoms with Crippen LogP contribution in [0.4, 0.5) is 11.4 Å². The van der Waals surface area contributed by atoms with E-state index in [2.05, 4.69) is 10.2 Å². The van der Waals surface area contributed by atoms with Crippen molar-refractivity contribution in [3.8, 4) is 0 Å². The third-order valence-electron chi connectivity index (χ3n) is 4.46. The first-order valence-corrected chi connectivity index (χ1v) is 7.12. The highest BCUT2D eigenvalue weighted by Crippen LogP contribution is 2.28. The summed E-state index contributed by atoms with van der Waals surface area (Å²) in [7, 11) is 0. The van der Waals surface area contributed by atoms with Crippen LogP contribution < -0.4 is 11.1 Å². The molecule has 1 aromatic rings. The quantitative estimate of drug-likeness (QED) is 0.491. The number of rotatable bonds is 3. The van der Waals surface area contributed by atoms with Gasteiger partial charge in [-0.3, -0.25) is 14.9 Å². The Morgan fingerprint density at radius 3 is 2.67 bits per heavy atom. The first kappa shape index (κ1) is 13.8. The lowest BCUT2D eigenvalue weighted by atomic mass is 9.84. The number of benzene rings is 1. The average Bonchev–Trinajstić information content (AvgIpc) is 2.48. The molecule has 3 saturated heterocycles. The van der Waals surface area contributed by atoms with Gasteiger partial charge in [0.2, 0.25) is 0 Å². The molecule has 2 bridgehead atoms. The van der Waals surface area contributed by atoms with Crippen molar-refractivity contribution < 1.29 is 9.72 Å². The molecule has 0 saturated carbocycles. The standard InChI is InChI=1S/C14H18N4O3/c15-11-2-1-10(7-13(11)18(20)21)14(19)16-12-8-17-5-3-9(12)4-6-17/h1-2,7,9,12H,3-6,8,15H2,(H,16,19). The molecule has 0 spiro atoms. The third kappa shape index (κ3) is 2.69. The third-order valence-corrected chi connectivity index (χ3v) is 4.46. The van der Waals surface area contributed by atoms with Crippen LogP contribution in [0.3, 0.4) is 0 Å². The van der Waals surface area contributed by atoms with E-state index in [4.69, 9.17) is 5.73 Å². The molecule has 21 heavy (non-hydrogen) atoms. The number of nitrogens with two attached hydrogens (primary N) is 1. The van der Waals surface area contributed by atoms with E-state index in [1.807, 2.05) is 0 Å². The van der Waals surface area contributed by atoms with Gasteiger partial charge in [-0.2, -0.15) is 0 Å². The molecular formula is C14H18N4O3. The lowest BCUT2D eigenvalue weighted by Crippen LogP contribution is -2.57. The topological polar surface area (TPSA) is 102 Å². The molecule has 3 aliphatic rings. The van der Waals surface area contributed by atoms with Crippen LogP contribution in [-0.4, -0.2) is 41.4 Å². The zero-order valence-corrected chi connectivity index (χ0v) is 11.6. The van der Waals surface area contributed by atoms with Crippen molar-refractivity contribution in [2.24, 2.45) is 5.92 Å². The van der Waals surface area contributed by atoms with E-state index in [9.17, 15) is 14.9 Å². The van der Waals surface area contributed by atoms with Gasteiger partial charge in [0.05, 0.1) is 4.92 Å². The van der Waals surface area contributed by atoms with Crippen molar-refractivity contribution in [2.75, 3.05) is 25.4 Å². The van der Waals surface area contributed by atoms with E-state index in [-0.39, 0.29) is 28.9 Å². The molecule has 0 aliphatic carbocycles. The highest BCUT2D eigenvalue weighted by Gasteiger charge is 2.35. The highest BCUT2D eigenvalue weighted by molar-refractivity contribution is 5.95. The Bertz CT molecular complexity index is 582. The summed E-state index contributed by atoms with van der Waals surface area (Å²) >= 11 is 0. The summed E-state index contributed by atoms with van der Waals surface area (Å²) < 4.78 is 0. The van der Waals surface area contributed by atoms with Gasteiger partial charge in [-0.15, -0.1) is 0 Å². The molecule has 1 atom stereocenters. The molecule has 0 aromatic heterocycles. The fraction of sp³-hybridized carbons (Fsp3) is 0.500. The van der Waals surface area contributed by atoms with E-state index in [0.29, 0.717) is 5.92 Å². The lowest BCUT2D eigenvalue weighted by molar-refractivity contribution is -0.383. The minimum atomic E-state index is -0.569. The molecule has 0 radical (unpaired) electrons. The second-order valence-electron chi connectivity index (χ2n) is 5.75. The van der Waals surface area contributed by atoms with Gasteiger partial charge in [-0.05, 0) is 44.0 Å². The first-order valence-electron chi connectivity index (χ1n) is 7.12. The summed E-state index contributed by atoms with van der Waals surface area (Å²) in [5, 5.41) is 13.9. The predicted molar refractivity (Wildman–Crippen MR) is 77.9 cm³/mol. The number of nitrogen functional groups attached to an aromatic ring is 1. The monoisotopic (exact) mass is 290 g/mol. The van der Waals surface area contributed by atoms with Crippen molar-refractivity contribution in [1.82, 2.24) is 10.2 Å². The van der Waals surface area contributed by atoms with E-state index in [1.54, 1.807) is 0 Å². The van der Waals surface area contributed by atoms with Gasteiger partial charge in [0.1, 0.15) is 5.69 Å². The van der Waals surface area contributed by atoms with Crippen molar-refractivity contribution >= 4 is 17.3 Å². The molecule has 7 heteroatoms. The number of carbonyl (C=O) groups excluding carboxylic acids is 1. The number of nitrogens with zero attached hydrogens (tertiary/aromatic N) is 2. The van der Waals surface area contributed by atoms with Gasteiger partial charge in [0.25, 0.3) is 11.6 Å². The number of fused-ring (bicyclic) bond motifs is 3. The van der Waals surface area contributed by atoms with E-state index < -0.39 is 4.92 Å². The van der Waals surface area contributed by atoms with Crippen LogP contribution in [0.1, 0.15) is 23.2 Å². The second kappa shape index (κ2) is 5.33. The minimum Gasteiger partial charge on any atom is -0.393 e. The molecule has 7 nitrogen and oxygen atoms in total. The summed E-state index contributed by atoms with van der Waals surface area (Å²) in [5.41, 5.74) is 5.67. The average molecular weight is 290 g/mol. The van der Waals surface area contributed by atoms with E-state index >= 15 is 0 Å². The number of hydrogen-bond acceptors (Lipinski definition) is 5. The Morgan fingerprint density at radius 2 is 2.10 bits per heavy atom. The van der Waals surface area contributed by atoms with Gasteiger partial charge >= 0.3 is 0 Å². The summed E-state index contributed by atoms with van der Waals surface area (Å²) in [6, 6.07) is 4.31. The van der Waals surface area contributed by atoms with Crippen LogP contribution in [-0.2, 0) is 0 Å². The number of carbonyl (C=O) groups is 1. The van der Waals surface area contributed by atoms with Gasteiger partial charge in [0, 0.05) is 24.2 Å². The lowest BCUT2D eigenvalue weighted by Gasteiger charge is -2.44. The number of anilines is 1. The maximum Gasteiger partial charge on any atom is 0.292 e. The molecule has 1 unspecified atom stereocenters. The van der Waals surface area contributed by atoms with Gasteiger partial charge < -0.3 is 16.0 Å². The zero-order valence-electron chi connectivity index (χ0n) is 11.6. The number of nitro groups is 1. The summed E-state index contributed by atoms with van der Waals surface area (Å²) in [5.74, 6) is 0.250. The number of hydrogen-bond donors (Lipinski definition) is 2. The Hall–Kier alpha value is -2.15.